The molecule has 0 saturated carbocycles. The molecule has 2 heterocycles. The number of piperidine rings is 1. The topological polar surface area (TPSA) is 29.9 Å². The van der Waals surface area contributed by atoms with Crippen molar-refractivity contribution in [3.05, 3.63) is 29.0 Å². The van der Waals surface area contributed by atoms with Gasteiger partial charge in [0.1, 0.15) is 5.82 Å². The number of halogens is 1. The van der Waals surface area contributed by atoms with Crippen LogP contribution in [0.5, 0.6) is 0 Å². The van der Waals surface area contributed by atoms with E-state index in [1.54, 1.807) is 0 Å². The van der Waals surface area contributed by atoms with E-state index in [4.69, 9.17) is 16.6 Å². The number of aryl methyl sites for hydroxylation is 1. The summed E-state index contributed by atoms with van der Waals surface area (Å²) in [5.74, 6) is 1.81. The molecule has 4 heteroatoms. The van der Waals surface area contributed by atoms with Crippen LogP contribution in [0, 0.1) is 5.92 Å². The van der Waals surface area contributed by atoms with E-state index in [0.717, 1.165) is 30.0 Å². The zero-order chi connectivity index (χ0) is 14.1. The average molecular weight is 292 g/mol. The highest BCUT2D eigenvalue weighted by atomic mass is 35.5. The number of rotatable bonds is 3. The zero-order valence-electron chi connectivity index (χ0n) is 12.2. The Kier molecular flexibility index (Phi) is 3.99. The fourth-order valence-electron chi connectivity index (χ4n) is 3.21. The Morgan fingerprint density at radius 2 is 2.30 bits per heavy atom. The van der Waals surface area contributed by atoms with E-state index >= 15 is 0 Å². The lowest BCUT2D eigenvalue weighted by Crippen LogP contribution is -2.34. The first-order valence-electron chi connectivity index (χ1n) is 7.59. The van der Waals surface area contributed by atoms with Crippen molar-refractivity contribution in [2.45, 2.75) is 45.7 Å². The summed E-state index contributed by atoms with van der Waals surface area (Å²) in [5, 5.41) is 4.40. The average Bonchev–Trinajstić information content (AvgIpc) is 2.77. The van der Waals surface area contributed by atoms with Gasteiger partial charge in [0.25, 0.3) is 0 Å². The molecule has 2 aromatic rings. The Hall–Kier alpha value is -1.06. The monoisotopic (exact) mass is 291 g/mol. The summed E-state index contributed by atoms with van der Waals surface area (Å²) in [5.41, 5.74) is 2.21. The summed E-state index contributed by atoms with van der Waals surface area (Å²) in [6.45, 7) is 6.63. The van der Waals surface area contributed by atoms with Crippen molar-refractivity contribution >= 4 is 22.6 Å². The molecule has 0 radical (unpaired) electrons. The number of benzene rings is 1. The Balaban J connectivity index is 2.10. The summed E-state index contributed by atoms with van der Waals surface area (Å²) in [6, 6.07) is 6.39. The molecule has 2 unspecified atom stereocenters. The number of hydrogen-bond donors (Lipinski definition) is 1. The van der Waals surface area contributed by atoms with Gasteiger partial charge in [-0.1, -0.05) is 25.4 Å². The van der Waals surface area contributed by atoms with Crippen LogP contribution < -0.4 is 5.32 Å². The largest absolute Gasteiger partial charge is 0.327 e. The highest BCUT2D eigenvalue weighted by molar-refractivity contribution is 6.31. The van der Waals surface area contributed by atoms with Crippen molar-refractivity contribution in [2.75, 3.05) is 6.54 Å². The van der Waals surface area contributed by atoms with Crippen molar-refractivity contribution in [2.24, 2.45) is 5.92 Å². The Morgan fingerprint density at radius 1 is 1.45 bits per heavy atom. The lowest BCUT2D eigenvalue weighted by atomic mass is 9.92. The van der Waals surface area contributed by atoms with Crippen molar-refractivity contribution in [3.8, 4) is 0 Å². The van der Waals surface area contributed by atoms with Crippen LogP contribution >= 0.6 is 11.6 Å². The van der Waals surface area contributed by atoms with Gasteiger partial charge in [0.2, 0.25) is 0 Å². The molecular formula is C16H22ClN3. The molecule has 0 bridgehead atoms. The molecule has 0 aliphatic carbocycles. The summed E-state index contributed by atoms with van der Waals surface area (Å²) >= 11 is 6.11. The molecule has 108 valence electrons. The summed E-state index contributed by atoms with van der Waals surface area (Å²) < 4.78 is 2.37. The van der Waals surface area contributed by atoms with Crippen LogP contribution in [0.25, 0.3) is 11.0 Å². The van der Waals surface area contributed by atoms with Crippen LogP contribution in [0.15, 0.2) is 18.2 Å². The molecule has 1 aromatic carbocycles. The standard InChI is InChI=1S/C16H22ClN3/c1-3-9-20-14-7-6-12(17)10-13(14)19-16(20)15-11(2)5-4-8-18-15/h6-7,10-11,15,18H,3-5,8-9H2,1-2H3. The molecule has 1 aliphatic rings. The van der Waals surface area contributed by atoms with Gasteiger partial charge >= 0.3 is 0 Å². The number of nitrogens with one attached hydrogen (secondary N) is 1. The number of hydrogen-bond acceptors (Lipinski definition) is 2. The molecule has 1 N–H and O–H groups in total. The van der Waals surface area contributed by atoms with Gasteiger partial charge in [-0.2, -0.15) is 0 Å². The number of aromatic nitrogens is 2. The molecule has 0 spiro atoms. The number of imidazole rings is 1. The minimum atomic E-state index is 0.362. The smallest absolute Gasteiger partial charge is 0.127 e. The molecule has 1 aromatic heterocycles. The van der Waals surface area contributed by atoms with Crippen molar-refractivity contribution < 1.29 is 0 Å². The third-order valence-corrected chi connectivity index (χ3v) is 4.47. The Bertz CT molecular complexity index is 605. The second kappa shape index (κ2) is 5.74. The van der Waals surface area contributed by atoms with Gasteiger partial charge in [-0.3, -0.25) is 0 Å². The molecule has 0 amide bonds. The lowest BCUT2D eigenvalue weighted by Gasteiger charge is -2.30. The maximum Gasteiger partial charge on any atom is 0.127 e. The van der Waals surface area contributed by atoms with Crippen LogP contribution in [-0.4, -0.2) is 16.1 Å². The highest BCUT2D eigenvalue weighted by Gasteiger charge is 2.27. The summed E-state index contributed by atoms with van der Waals surface area (Å²) in [4.78, 5) is 4.88. The van der Waals surface area contributed by atoms with Gasteiger partial charge in [-0.05, 0) is 49.9 Å². The molecule has 20 heavy (non-hydrogen) atoms. The fraction of sp³-hybridized carbons (Fsp3) is 0.562. The predicted molar refractivity (Wildman–Crippen MR) is 84.2 cm³/mol. The van der Waals surface area contributed by atoms with Crippen LogP contribution in [0.2, 0.25) is 5.02 Å². The van der Waals surface area contributed by atoms with Gasteiger partial charge in [0.05, 0.1) is 17.1 Å². The predicted octanol–water partition coefficient (Wildman–Crippen LogP) is 4.16. The van der Waals surface area contributed by atoms with E-state index in [-0.39, 0.29) is 0 Å². The quantitative estimate of drug-likeness (QED) is 0.920. The summed E-state index contributed by atoms with van der Waals surface area (Å²) in [6.07, 6.45) is 3.65. The third-order valence-electron chi connectivity index (χ3n) is 4.23. The first-order chi connectivity index (χ1) is 9.70. The van der Waals surface area contributed by atoms with E-state index in [0.29, 0.717) is 12.0 Å². The van der Waals surface area contributed by atoms with Crippen LogP contribution in [-0.2, 0) is 6.54 Å². The number of fused-ring (bicyclic) bond motifs is 1. The highest BCUT2D eigenvalue weighted by Crippen LogP contribution is 2.31. The van der Waals surface area contributed by atoms with E-state index in [1.165, 1.54) is 24.2 Å². The van der Waals surface area contributed by atoms with Gasteiger partial charge < -0.3 is 9.88 Å². The van der Waals surface area contributed by atoms with Gasteiger partial charge in [-0.15, -0.1) is 0 Å². The first kappa shape index (κ1) is 13.9. The maximum atomic E-state index is 6.11. The van der Waals surface area contributed by atoms with E-state index < -0.39 is 0 Å². The van der Waals surface area contributed by atoms with Crippen LogP contribution in [0.3, 0.4) is 0 Å². The van der Waals surface area contributed by atoms with Crippen LogP contribution in [0.1, 0.15) is 45.0 Å². The van der Waals surface area contributed by atoms with Crippen molar-refractivity contribution in [1.29, 1.82) is 0 Å². The SMILES string of the molecule is CCCn1c(C2NCCCC2C)nc2cc(Cl)ccc21. The minimum absolute atomic E-state index is 0.362. The minimum Gasteiger partial charge on any atom is -0.327 e. The van der Waals surface area contributed by atoms with Gasteiger partial charge in [0, 0.05) is 11.6 Å². The zero-order valence-corrected chi connectivity index (χ0v) is 13.0. The van der Waals surface area contributed by atoms with Crippen LogP contribution in [0.4, 0.5) is 0 Å². The molecule has 3 nitrogen and oxygen atoms in total. The Labute approximate surface area is 125 Å². The Morgan fingerprint density at radius 3 is 3.05 bits per heavy atom. The molecule has 3 rings (SSSR count). The molecular weight excluding hydrogens is 270 g/mol. The van der Waals surface area contributed by atoms with Gasteiger partial charge in [-0.25, -0.2) is 4.98 Å². The maximum absolute atomic E-state index is 6.11. The second-order valence-corrected chi connectivity index (χ2v) is 6.24. The lowest BCUT2D eigenvalue weighted by molar-refractivity contribution is 0.288. The first-order valence-corrected chi connectivity index (χ1v) is 7.97. The molecule has 1 aliphatic heterocycles. The van der Waals surface area contributed by atoms with E-state index in [9.17, 15) is 0 Å². The normalized spacial score (nSPS) is 23.4. The summed E-state index contributed by atoms with van der Waals surface area (Å²) in [7, 11) is 0. The molecule has 1 saturated heterocycles. The fourth-order valence-corrected chi connectivity index (χ4v) is 3.38. The van der Waals surface area contributed by atoms with E-state index in [2.05, 4.69) is 29.8 Å². The van der Waals surface area contributed by atoms with E-state index in [1.807, 2.05) is 12.1 Å². The third kappa shape index (κ3) is 2.45. The van der Waals surface area contributed by atoms with Crippen molar-refractivity contribution in [3.63, 3.8) is 0 Å². The van der Waals surface area contributed by atoms with Gasteiger partial charge in [0.15, 0.2) is 0 Å². The van der Waals surface area contributed by atoms with Crippen molar-refractivity contribution in [1.82, 2.24) is 14.9 Å². The molecule has 1 fully saturated rings. The molecule has 2 atom stereocenters. The second-order valence-electron chi connectivity index (χ2n) is 5.81. The number of nitrogens with zero attached hydrogens (tertiary/aromatic N) is 2.